The van der Waals surface area contributed by atoms with Crippen LogP contribution in [0, 0.1) is 5.92 Å². The fraction of sp³-hybridized carbons (Fsp3) is 0.714. The summed E-state index contributed by atoms with van der Waals surface area (Å²) in [6.07, 6.45) is 1.62. The molecule has 1 rings (SSSR count). The minimum atomic E-state index is -0.324. The number of carbonyl (C=O) groups is 1. The molecule has 6 nitrogen and oxygen atoms in total. The average molecular weight is 186 g/mol. The van der Waals surface area contributed by atoms with E-state index in [1.165, 1.54) is 0 Å². The summed E-state index contributed by atoms with van der Waals surface area (Å²) in [6.45, 7) is 1.16. The SMILES string of the molecule is NC(=O)C1CCCN(C(N)=NO)C1. The summed E-state index contributed by atoms with van der Waals surface area (Å²) in [5.41, 5.74) is 10.5. The molecule has 1 amide bonds. The normalized spacial score (nSPS) is 24.5. The third-order valence-electron chi connectivity index (χ3n) is 2.25. The number of carbonyl (C=O) groups excluding carboxylic acids is 1. The lowest BCUT2D eigenvalue weighted by atomic mass is 9.98. The molecule has 6 heteroatoms. The monoisotopic (exact) mass is 186 g/mol. The summed E-state index contributed by atoms with van der Waals surface area (Å²) in [5.74, 6) is -0.463. The van der Waals surface area contributed by atoms with Crippen molar-refractivity contribution in [3.8, 4) is 0 Å². The number of guanidine groups is 1. The molecule has 1 aliphatic heterocycles. The van der Waals surface area contributed by atoms with Gasteiger partial charge < -0.3 is 21.6 Å². The van der Waals surface area contributed by atoms with Gasteiger partial charge in [-0.05, 0) is 12.8 Å². The van der Waals surface area contributed by atoms with Crippen molar-refractivity contribution >= 4 is 11.9 Å². The van der Waals surface area contributed by atoms with Crippen molar-refractivity contribution in [1.82, 2.24) is 4.90 Å². The fourth-order valence-corrected chi connectivity index (χ4v) is 1.48. The quantitative estimate of drug-likeness (QED) is 0.209. The zero-order valence-electron chi connectivity index (χ0n) is 7.31. The van der Waals surface area contributed by atoms with E-state index < -0.39 is 0 Å². The molecule has 1 atom stereocenters. The van der Waals surface area contributed by atoms with Crippen LogP contribution in [0.5, 0.6) is 0 Å². The number of hydrogen-bond donors (Lipinski definition) is 3. The molecule has 0 aromatic rings. The molecular weight excluding hydrogens is 172 g/mol. The molecule has 5 N–H and O–H groups in total. The lowest BCUT2D eigenvalue weighted by molar-refractivity contribution is -0.122. The maximum absolute atomic E-state index is 10.9. The van der Waals surface area contributed by atoms with Gasteiger partial charge in [-0.25, -0.2) is 0 Å². The zero-order chi connectivity index (χ0) is 9.84. The van der Waals surface area contributed by atoms with Crippen LogP contribution in [0.4, 0.5) is 0 Å². The van der Waals surface area contributed by atoms with Gasteiger partial charge >= 0.3 is 0 Å². The number of likely N-dealkylation sites (tertiary alicyclic amines) is 1. The Kier molecular flexibility index (Phi) is 2.94. The predicted molar refractivity (Wildman–Crippen MR) is 46.9 cm³/mol. The Labute approximate surface area is 76.2 Å². The molecule has 1 aliphatic rings. The van der Waals surface area contributed by atoms with Gasteiger partial charge in [-0.1, -0.05) is 5.16 Å². The van der Waals surface area contributed by atoms with Crippen LogP contribution in [-0.2, 0) is 4.79 Å². The van der Waals surface area contributed by atoms with Crippen molar-refractivity contribution < 1.29 is 10.0 Å². The molecule has 1 saturated heterocycles. The van der Waals surface area contributed by atoms with Crippen LogP contribution in [0.2, 0.25) is 0 Å². The number of rotatable bonds is 1. The van der Waals surface area contributed by atoms with Crippen LogP contribution >= 0.6 is 0 Å². The third kappa shape index (κ3) is 2.24. The summed E-state index contributed by atoms with van der Waals surface area (Å²) < 4.78 is 0. The topological polar surface area (TPSA) is 105 Å². The highest BCUT2D eigenvalue weighted by Crippen LogP contribution is 2.15. The average Bonchev–Trinajstić information content (AvgIpc) is 2.17. The molecule has 0 aromatic heterocycles. The first-order valence-corrected chi connectivity index (χ1v) is 4.17. The van der Waals surface area contributed by atoms with Gasteiger partial charge in [-0.15, -0.1) is 0 Å². The van der Waals surface area contributed by atoms with E-state index in [0.717, 1.165) is 12.8 Å². The minimum Gasteiger partial charge on any atom is -0.408 e. The molecule has 0 bridgehead atoms. The molecule has 0 saturated carbocycles. The fourth-order valence-electron chi connectivity index (χ4n) is 1.48. The van der Waals surface area contributed by atoms with Crippen molar-refractivity contribution in [1.29, 1.82) is 0 Å². The molecule has 0 aromatic carbocycles. The highest BCUT2D eigenvalue weighted by atomic mass is 16.4. The number of amides is 1. The van der Waals surface area contributed by atoms with E-state index in [0.29, 0.717) is 13.1 Å². The summed E-state index contributed by atoms with van der Waals surface area (Å²) in [4.78, 5) is 12.5. The second-order valence-corrected chi connectivity index (χ2v) is 3.15. The van der Waals surface area contributed by atoms with Crippen LogP contribution in [0.25, 0.3) is 0 Å². The highest BCUT2D eigenvalue weighted by molar-refractivity contribution is 5.80. The van der Waals surface area contributed by atoms with Crippen molar-refractivity contribution in [2.24, 2.45) is 22.5 Å². The van der Waals surface area contributed by atoms with Crippen LogP contribution < -0.4 is 11.5 Å². The summed E-state index contributed by atoms with van der Waals surface area (Å²) in [7, 11) is 0. The van der Waals surface area contributed by atoms with Gasteiger partial charge in [0.15, 0.2) is 0 Å². The Morgan fingerprint density at radius 1 is 1.54 bits per heavy atom. The Bertz CT molecular complexity index is 229. The first-order valence-electron chi connectivity index (χ1n) is 4.17. The maximum atomic E-state index is 10.9. The Morgan fingerprint density at radius 2 is 2.23 bits per heavy atom. The first-order chi connectivity index (χ1) is 6.15. The number of primary amides is 1. The maximum Gasteiger partial charge on any atom is 0.233 e. The van der Waals surface area contributed by atoms with Crippen LogP contribution in [0.15, 0.2) is 5.16 Å². The second-order valence-electron chi connectivity index (χ2n) is 3.15. The van der Waals surface area contributed by atoms with Gasteiger partial charge in [-0.2, -0.15) is 0 Å². The van der Waals surface area contributed by atoms with Gasteiger partial charge in [0.05, 0.1) is 5.92 Å². The van der Waals surface area contributed by atoms with Gasteiger partial charge in [-0.3, -0.25) is 4.79 Å². The molecule has 1 fully saturated rings. The third-order valence-corrected chi connectivity index (χ3v) is 2.25. The summed E-state index contributed by atoms with van der Waals surface area (Å²) in [6, 6.07) is 0. The smallest absolute Gasteiger partial charge is 0.233 e. The summed E-state index contributed by atoms with van der Waals surface area (Å²) in [5, 5.41) is 11.3. The zero-order valence-corrected chi connectivity index (χ0v) is 7.31. The van der Waals surface area contributed by atoms with Gasteiger partial charge in [0, 0.05) is 13.1 Å². The molecule has 74 valence electrons. The number of nitrogens with zero attached hydrogens (tertiary/aromatic N) is 2. The molecule has 13 heavy (non-hydrogen) atoms. The van der Waals surface area contributed by atoms with E-state index >= 15 is 0 Å². The van der Waals surface area contributed by atoms with Crippen molar-refractivity contribution in [3.05, 3.63) is 0 Å². The summed E-state index contributed by atoms with van der Waals surface area (Å²) >= 11 is 0. The Balaban J connectivity index is 2.56. The predicted octanol–water partition coefficient (Wildman–Crippen LogP) is -1.11. The Morgan fingerprint density at radius 3 is 2.77 bits per heavy atom. The van der Waals surface area contributed by atoms with E-state index in [1.807, 2.05) is 0 Å². The number of nitrogens with two attached hydrogens (primary N) is 2. The minimum absolute atomic E-state index is 0.0472. The van der Waals surface area contributed by atoms with E-state index in [2.05, 4.69) is 5.16 Å². The molecule has 1 unspecified atom stereocenters. The second kappa shape index (κ2) is 3.97. The largest absolute Gasteiger partial charge is 0.408 e. The molecule has 1 heterocycles. The number of oxime groups is 1. The molecule has 0 spiro atoms. The van der Waals surface area contributed by atoms with E-state index in [4.69, 9.17) is 16.7 Å². The van der Waals surface area contributed by atoms with Crippen molar-refractivity contribution in [3.63, 3.8) is 0 Å². The van der Waals surface area contributed by atoms with E-state index in [1.54, 1.807) is 4.90 Å². The standard InChI is InChI=1S/C7H14N4O2/c8-6(12)5-2-1-3-11(4-5)7(9)10-13/h5,13H,1-4H2,(H2,8,12)(H2,9,10). The van der Waals surface area contributed by atoms with E-state index in [9.17, 15) is 4.79 Å². The van der Waals surface area contributed by atoms with Crippen molar-refractivity contribution in [2.45, 2.75) is 12.8 Å². The van der Waals surface area contributed by atoms with Crippen LogP contribution in [0.3, 0.4) is 0 Å². The van der Waals surface area contributed by atoms with Gasteiger partial charge in [0.25, 0.3) is 0 Å². The van der Waals surface area contributed by atoms with E-state index in [-0.39, 0.29) is 17.8 Å². The Hall–Kier alpha value is -1.46. The molecular formula is C7H14N4O2. The number of piperidine rings is 1. The van der Waals surface area contributed by atoms with Gasteiger partial charge in [0.1, 0.15) is 0 Å². The number of hydrogen-bond acceptors (Lipinski definition) is 3. The first kappa shape index (κ1) is 9.63. The van der Waals surface area contributed by atoms with Crippen LogP contribution in [-0.4, -0.2) is 35.1 Å². The highest BCUT2D eigenvalue weighted by Gasteiger charge is 2.24. The molecule has 0 radical (unpaired) electrons. The lowest BCUT2D eigenvalue weighted by Crippen LogP contribution is -2.47. The van der Waals surface area contributed by atoms with Crippen molar-refractivity contribution in [2.75, 3.05) is 13.1 Å². The molecule has 0 aliphatic carbocycles. The lowest BCUT2D eigenvalue weighted by Gasteiger charge is -2.31. The van der Waals surface area contributed by atoms with Gasteiger partial charge in [0.2, 0.25) is 11.9 Å². The van der Waals surface area contributed by atoms with Crippen LogP contribution in [0.1, 0.15) is 12.8 Å².